The van der Waals surface area contributed by atoms with Crippen LogP contribution in [-0.4, -0.2) is 29.9 Å². The van der Waals surface area contributed by atoms with E-state index in [1.807, 2.05) is 0 Å². The number of hydrogen-bond donors (Lipinski definition) is 0. The molecule has 0 saturated carbocycles. The summed E-state index contributed by atoms with van der Waals surface area (Å²) in [6.45, 7) is 2.88. The predicted octanol–water partition coefficient (Wildman–Crippen LogP) is -0.0902. The molecule has 1 heterocycles. The van der Waals surface area contributed by atoms with Crippen molar-refractivity contribution in [3.8, 4) is 0 Å². The van der Waals surface area contributed by atoms with Gasteiger partial charge >= 0.3 is 12.3 Å². The first-order valence-corrected chi connectivity index (χ1v) is 3.05. The van der Waals surface area contributed by atoms with Crippen molar-refractivity contribution in [3.05, 3.63) is 0 Å². The maximum atomic E-state index is 10.7. The first-order chi connectivity index (χ1) is 4.21. The third-order valence-electron chi connectivity index (χ3n) is 1.94. The number of amides is 2. The first-order valence-electron chi connectivity index (χ1n) is 3.05. The Morgan fingerprint density at radius 1 is 1.56 bits per heavy atom. The van der Waals surface area contributed by atoms with Crippen molar-refractivity contribution in [3.63, 3.8) is 0 Å². The monoisotopic (exact) mass is 128 g/mol. The maximum absolute atomic E-state index is 10.7. The van der Waals surface area contributed by atoms with Crippen molar-refractivity contribution in [2.75, 3.05) is 13.1 Å². The van der Waals surface area contributed by atoms with Gasteiger partial charge in [-0.25, -0.2) is 14.1 Å². The van der Waals surface area contributed by atoms with E-state index in [1.165, 1.54) is 6.92 Å². The van der Waals surface area contributed by atoms with E-state index in [4.69, 9.17) is 0 Å². The smallest absolute Gasteiger partial charge is 0.233 e. The topological polar surface area (TPSA) is 34.1 Å². The summed E-state index contributed by atoms with van der Waals surface area (Å²) in [6.07, 6.45) is 1.74. The summed E-state index contributed by atoms with van der Waals surface area (Å²) in [4.78, 5) is 21.0. The van der Waals surface area contributed by atoms with Crippen LogP contribution in [0, 0.1) is 0 Å². The van der Waals surface area contributed by atoms with Crippen LogP contribution in [0.15, 0.2) is 0 Å². The predicted molar refractivity (Wildman–Crippen MR) is 31.4 cm³/mol. The molecule has 0 N–H and O–H groups in total. The van der Waals surface area contributed by atoms with Gasteiger partial charge in [-0.1, -0.05) is 0 Å². The number of rotatable bonds is 1. The van der Waals surface area contributed by atoms with Gasteiger partial charge in [0.05, 0.1) is 20.0 Å². The summed E-state index contributed by atoms with van der Waals surface area (Å²) < 4.78 is 0.0556. The minimum Gasteiger partial charge on any atom is -0.233 e. The van der Waals surface area contributed by atoms with Crippen LogP contribution < -0.4 is 0 Å². The molecule has 50 valence electrons. The Hall–Kier alpha value is -0.700. The highest BCUT2D eigenvalue weighted by Gasteiger charge is 2.40. The lowest BCUT2D eigenvalue weighted by molar-refractivity contribution is -0.810. The molecule has 1 fully saturated rings. The quantitative estimate of drug-likeness (QED) is 0.365. The van der Waals surface area contributed by atoms with Crippen LogP contribution in [0.2, 0.25) is 0 Å². The molecule has 1 saturated heterocycles. The zero-order valence-corrected chi connectivity index (χ0v) is 5.46. The molecule has 0 spiro atoms. The van der Waals surface area contributed by atoms with Gasteiger partial charge in [-0.05, 0) is 0 Å². The van der Waals surface area contributed by atoms with Gasteiger partial charge in [-0.2, -0.15) is 0 Å². The van der Waals surface area contributed by atoms with Crippen molar-refractivity contribution >= 4 is 12.3 Å². The highest BCUT2D eigenvalue weighted by atomic mass is 16.2. The zero-order chi connectivity index (χ0) is 6.91. The third kappa shape index (κ3) is 0.772. The average Bonchev–Trinajstić information content (AvgIpc) is 1.62. The fourth-order valence-corrected chi connectivity index (χ4v) is 0.993. The zero-order valence-electron chi connectivity index (χ0n) is 5.46. The van der Waals surface area contributed by atoms with Crippen molar-refractivity contribution in [2.24, 2.45) is 0 Å². The highest BCUT2D eigenvalue weighted by molar-refractivity contribution is 5.73. The number of carbonyl (C=O) groups excluding carboxylic acids is 2. The third-order valence-corrected chi connectivity index (χ3v) is 1.94. The van der Waals surface area contributed by atoms with Crippen molar-refractivity contribution in [1.29, 1.82) is 0 Å². The van der Waals surface area contributed by atoms with Crippen LogP contribution in [-0.2, 0) is 9.59 Å². The Kier molecular flexibility index (Phi) is 1.37. The molecule has 0 aromatic heterocycles. The molecule has 3 nitrogen and oxygen atoms in total. The van der Waals surface area contributed by atoms with Gasteiger partial charge in [0.2, 0.25) is 0 Å². The normalized spacial score (nSPS) is 22.3. The summed E-state index contributed by atoms with van der Waals surface area (Å²) in [6, 6.07) is 0. The molecule has 0 aromatic rings. The second-order valence-corrected chi connectivity index (χ2v) is 2.46. The molecule has 2 amide bonds. The van der Waals surface area contributed by atoms with E-state index >= 15 is 0 Å². The molecule has 0 aromatic carbocycles. The van der Waals surface area contributed by atoms with E-state index in [0.717, 1.165) is 12.8 Å². The summed E-state index contributed by atoms with van der Waals surface area (Å²) in [7, 11) is 0. The first kappa shape index (κ1) is 6.42. The molecule has 0 radical (unpaired) electrons. The Morgan fingerprint density at radius 3 is 2.11 bits per heavy atom. The number of imide groups is 1. The minimum atomic E-state index is -0.0312. The second-order valence-electron chi connectivity index (χ2n) is 2.46. The van der Waals surface area contributed by atoms with Crippen LogP contribution in [0.3, 0.4) is 0 Å². The van der Waals surface area contributed by atoms with Gasteiger partial charge in [-0.15, -0.1) is 0 Å². The largest absolute Gasteiger partial charge is 0.317 e. The summed E-state index contributed by atoms with van der Waals surface area (Å²) in [5, 5.41) is 0. The van der Waals surface area contributed by atoms with Crippen LogP contribution >= 0.6 is 0 Å². The maximum Gasteiger partial charge on any atom is 0.317 e. The average molecular weight is 128 g/mol. The Morgan fingerprint density at radius 2 is 2.11 bits per heavy atom. The lowest BCUT2D eigenvalue weighted by Gasteiger charge is -2.35. The Labute approximate surface area is 53.9 Å². The molecule has 9 heavy (non-hydrogen) atoms. The number of likely N-dealkylation sites (tertiary alicyclic amines) is 1. The molecule has 0 bridgehead atoms. The molecule has 0 unspecified atom stereocenters. The standard InChI is InChI=1S/C6H10NO2/c1-6(9)7(5-8)3-2-4-7/h5H,2-4H2,1H3/q+1. The van der Waals surface area contributed by atoms with E-state index in [-0.39, 0.29) is 10.4 Å². The molecule has 1 aliphatic rings. The lowest BCUT2D eigenvalue weighted by atomic mass is 10.1. The van der Waals surface area contributed by atoms with Gasteiger partial charge in [0, 0.05) is 6.42 Å². The molecular weight excluding hydrogens is 118 g/mol. The van der Waals surface area contributed by atoms with Gasteiger partial charge in [0.1, 0.15) is 0 Å². The minimum absolute atomic E-state index is 0.0312. The SMILES string of the molecule is CC(=O)[N+]1(C=O)CCC1. The fraction of sp³-hybridized carbons (Fsp3) is 0.667. The van der Waals surface area contributed by atoms with Crippen molar-refractivity contribution < 1.29 is 14.1 Å². The summed E-state index contributed by atoms with van der Waals surface area (Å²) in [5.74, 6) is -0.0312. The Balaban J connectivity index is 2.68. The van der Waals surface area contributed by atoms with Crippen LogP contribution in [0.25, 0.3) is 0 Å². The van der Waals surface area contributed by atoms with Crippen LogP contribution in [0.4, 0.5) is 0 Å². The molecule has 0 atom stereocenters. The highest BCUT2D eigenvalue weighted by Crippen LogP contribution is 2.16. The second kappa shape index (κ2) is 1.92. The van der Waals surface area contributed by atoms with Crippen LogP contribution in [0.1, 0.15) is 13.3 Å². The van der Waals surface area contributed by atoms with E-state index in [9.17, 15) is 9.59 Å². The van der Waals surface area contributed by atoms with Crippen LogP contribution in [0.5, 0.6) is 0 Å². The number of nitrogens with zero attached hydrogens (tertiary/aromatic N) is 1. The van der Waals surface area contributed by atoms with Crippen molar-refractivity contribution in [1.82, 2.24) is 0 Å². The van der Waals surface area contributed by atoms with E-state index in [1.54, 1.807) is 0 Å². The van der Waals surface area contributed by atoms with E-state index in [0.29, 0.717) is 13.1 Å². The van der Waals surface area contributed by atoms with Gasteiger partial charge in [-0.3, -0.25) is 0 Å². The van der Waals surface area contributed by atoms with E-state index in [2.05, 4.69) is 0 Å². The van der Waals surface area contributed by atoms with E-state index < -0.39 is 0 Å². The molecular formula is C6H10NO2+. The molecule has 1 aliphatic heterocycles. The molecule has 1 rings (SSSR count). The lowest BCUT2D eigenvalue weighted by Crippen LogP contribution is -2.59. The van der Waals surface area contributed by atoms with Gasteiger partial charge in [0.15, 0.2) is 0 Å². The number of quaternary nitrogens is 1. The fourth-order valence-electron chi connectivity index (χ4n) is 0.993. The summed E-state index contributed by atoms with van der Waals surface area (Å²) in [5.41, 5.74) is 0. The number of hydrogen-bond acceptors (Lipinski definition) is 2. The Bertz CT molecular complexity index is 149. The van der Waals surface area contributed by atoms with Gasteiger partial charge in [0.25, 0.3) is 0 Å². The number of carbonyl (C=O) groups is 2. The molecule has 3 heteroatoms. The van der Waals surface area contributed by atoms with Gasteiger partial charge < -0.3 is 0 Å². The summed E-state index contributed by atoms with van der Waals surface area (Å²) >= 11 is 0. The molecule has 0 aliphatic carbocycles. The van der Waals surface area contributed by atoms with Crippen molar-refractivity contribution in [2.45, 2.75) is 13.3 Å².